The Bertz CT molecular complexity index is 838. The average molecular weight is 423 g/mol. The van der Waals surface area contributed by atoms with Crippen LogP contribution in [-0.2, 0) is 9.53 Å². The van der Waals surface area contributed by atoms with Crippen LogP contribution in [0, 0.1) is 0 Å². The molecule has 3 rings (SSSR count). The molecule has 1 fully saturated rings. The molecule has 1 heterocycles. The summed E-state index contributed by atoms with van der Waals surface area (Å²) in [5.41, 5.74) is 1.82. The number of nitrogens with zero attached hydrogens (tertiary/aromatic N) is 1. The molecule has 28 heavy (non-hydrogen) atoms. The van der Waals surface area contributed by atoms with Crippen LogP contribution in [0.1, 0.15) is 28.4 Å². The van der Waals surface area contributed by atoms with Crippen molar-refractivity contribution >= 4 is 40.8 Å². The SMILES string of the molecule is O=C(O)CCN1CCO[C@H](c2ccc(NC(=O)c3c(Cl)cccc3Cl)cc2)C1. The zero-order chi connectivity index (χ0) is 20.1. The summed E-state index contributed by atoms with van der Waals surface area (Å²) < 4.78 is 5.81. The second-order valence-electron chi connectivity index (χ2n) is 6.48. The normalized spacial score (nSPS) is 17.3. The molecular weight excluding hydrogens is 403 g/mol. The van der Waals surface area contributed by atoms with Crippen molar-refractivity contribution < 1.29 is 19.4 Å². The number of nitrogens with one attached hydrogen (secondary N) is 1. The van der Waals surface area contributed by atoms with Crippen LogP contribution in [0.2, 0.25) is 10.0 Å². The number of carboxylic acid groups (broad SMARTS) is 1. The quantitative estimate of drug-likeness (QED) is 0.732. The van der Waals surface area contributed by atoms with Gasteiger partial charge in [0.15, 0.2) is 0 Å². The van der Waals surface area contributed by atoms with Gasteiger partial charge in [-0.2, -0.15) is 0 Å². The molecule has 148 valence electrons. The molecule has 2 N–H and O–H groups in total. The van der Waals surface area contributed by atoms with Gasteiger partial charge in [0, 0.05) is 25.3 Å². The number of ether oxygens (including phenoxy) is 1. The van der Waals surface area contributed by atoms with Crippen LogP contribution in [0.15, 0.2) is 42.5 Å². The Morgan fingerprint density at radius 2 is 1.82 bits per heavy atom. The molecule has 2 aromatic rings. The van der Waals surface area contributed by atoms with Gasteiger partial charge in [-0.3, -0.25) is 14.5 Å². The molecule has 0 saturated carbocycles. The van der Waals surface area contributed by atoms with Gasteiger partial charge in [0.25, 0.3) is 5.91 Å². The number of amides is 1. The van der Waals surface area contributed by atoms with Crippen LogP contribution >= 0.6 is 23.2 Å². The van der Waals surface area contributed by atoms with Gasteiger partial charge in [-0.1, -0.05) is 41.4 Å². The van der Waals surface area contributed by atoms with E-state index in [-0.39, 0.29) is 24.0 Å². The Hall–Kier alpha value is -2.12. The monoisotopic (exact) mass is 422 g/mol. The van der Waals surface area contributed by atoms with E-state index in [4.69, 9.17) is 33.0 Å². The highest BCUT2D eigenvalue weighted by atomic mass is 35.5. The van der Waals surface area contributed by atoms with Crippen LogP contribution in [0.3, 0.4) is 0 Å². The summed E-state index contributed by atoms with van der Waals surface area (Å²) in [5, 5.41) is 12.2. The fraction of sp³-hybridized carbons (Fsp3) is 0.300. The lowest BCUT2D eigenvalue weighted by molar-refractivity contribution is -0.137. The van der Waals surface area contributed by atoms with Crippen molar-refractivity contribution in [1.82, 2.24) is 4.90 Å². The zero-order valence-electron chi connectivity index (χ0n) is 15.0. The van der Waals surface area contributed by atoms with Crippen molar-refractivity contribution in [2.45, 2.75) is 12.5 Å². The summed E-state index contributed by atoms with van der Waals surface area (Å²) in [7, 11) is 0. The van der Waals surface area contributed by atoms with Crippen molar-refractivity contribution in [2.24, 2.45) is 0 Å². The summed E-state index contributed by atoms with van der Waals surface area (Å²) in [4.78, 5) is 25.3. The minimum Gasteiger partial charge on any atom is -0.481 e. The summed E-state index contributed by atoms with van der Waals surface area (Å²) in [6, 6.07) is 12.3. The van der Waals surface area contributed by atoms with E-state index in [2.05, 4.69) is 10.2 Å². The Balaban J connectivity index is 1.63. The van der Waals surface area contributed by atoms with Gasteiger partial charge in [-0.05, 0) is 29.8 Å². The predicted octanol–water partition coefficient (Wildman–Crippen LogP) is 4.09. The van der Waals surface area contributed by atoms with E-state index < -0.39 is 5.97 Å². The van der Waals surface area contributed by atoms with Crippen molar-refractivity contribution in [2.75, 3.05) is 31.6 Å². The van der Waals surface area contributed by atoms with Gasteiger partial charge in [-0.25, -0.2) is 0 Å². The molecule has 0 bridgehead atoms. The van der Waals surface area contributed by atoms with E-state index in [1.54, 1.807) is 30.3 Å². The van der Waals surface area contributed by atoms with Gasteiger partial charge in [-0.15, -0.1) is 0 Å². The number of morpholine rings is 1. The molecule has 0 spiro atoms. The molecule has 1 saturated heterocycles. The van der Waals surface area contributed by atoms with Gasteiger partial charge < -0.3 is 15.2 Å². The first-order valence-electron chi connectivity index (χ1n) is 8.85. The first-order chi connectivity index (χ1) is 13.4. The standard InChI is InChI=1S/C20H20Cl2N2O4/c21-15-2-1-3-16(22)19(15)20(27)23-14-6-4-13(5-7-14)17-12-24(10-11-28-17)9-8-18(25)26/h1-7,17H,8-12H2,(H,23,27)(H,25,26)/t17-/m0/s1. The highest BCUT2D eigenvalue weighted by Gasteiger charge is 2.22. The number of carboxylic acids is 1. The molecule has 8 heteroatoms. The van der Waals surface area contributed by atoms with E-state index in [0.29, 0.717) is 35.4 Å². The largest absolute Gasteiger partial charge is 0.481 e. The molecule has 1 atom stereocenters. The minimum atomic E-state index is -0.804. The predicted molar refractivity (Wildman–Crippen MR) is 108 cm³/mol. The third-order valence-corrected chi connectivity index (χ3v) is 5.15. The van der Waals surface area contributed by atoms with Gasteiger partial charge >= 0.3 is 5.97 Å². The number of benzene rings is 2. The molecule has 1 aliphatic heterocycles. The second-order valence-corrected chi connectivity index (χ2v) is 7.29. The molecule has 0 aliphatic carbocycles. The van der Waals surface area contributed by atoms with Gasteiger partial charge in [0.2, 0.25) is 0 Å². The lowest BCUT2D eigenvalue weighted by Gasteiger charge is -2.32. The molecule has 0 aromatic heterocycles. The van der Waals surface area contributed by atoms with Crippen LogP contribution in [-0.4, -0.2) is 48.1 Å². The Morgan fingerprint density at radius 1 is 1.14 bits per heavy atom. The molecule has 1 amide bonds. The molecule has 0 radical (unpaired) electrons. The van der Waals surface area contributed by atoms with E-state index in [0.717, 1.165) is 12.1 Å². The molecule has 6 nitrogen and oxygen atoms in total. The highest BCUT2D eigenvalue weighted by molar-refractivity contribution is 6.40. The summed E-state index contributed by atoms with van der Waals surface area (Å²) >= 11 is 12.1. The summed E-state index contributed by atoms with van der Waals surface area (Å²) in [6.07, 6.45) is -0.0206. The summed E-state index contributed by atoms with van der Waals surface area (Å²) in [5.74, 6) is -1.18. The van der Waals surface area contributed by atoms with Crippen LogP contribution in [0.4, 0.5) is 5.69 Å². The average Bonchev–Trinajstić information content (AvgIpc) is 2.67. The third kappa shape index (κ3) is 5.23. The highest BCUT2D eigenvalue weighted by Crippen LogP contribution is 2.27. The minimum absolute atomic E-state index is 0.113. The Labute approximate surface area is 173 Å². The molecular formula is C20H20Cl2N2O4. The number of carbonyl (C=O) groups is 2. The maximum atomic E-state index is 12.5. The number of anilines is 1. The fourth-order valence-corrected chi connectivity index (χ4v) is 3.62. The topological polar surface area (TPSA) is 78.9 Å². The lowest BCUT2D eigenvalue weighted by atomic mass is 10.1. The molecule has 0 unspecified atom stereocenters. The zero-order valence-corrected chi connectivity index (χ0v) is 16.5. The van der Waals surface area contributed by atoms with Crippen LogP contribution < -0.4 is 5.32 Å². The number of halogens is 2. The van der Waals surface area contributed by atoms with Crippen LogP contribution in [0.5, 0.6) is 0 Å². The van der Waals surface area contributed by atoms with Crippen LogP contribution in [0.25, 0.3) is 0 Å². The maximum absolute atomic E-state index is 12.5. The van der Waals surface area contributed by atoms with Crippen molar-refractivity contribution in [3.05, 3.63) is 63.6 Å². The fourth-order valence-electron chi connectivity index (χ4n) is 3.05. The maximum Gasteiger partial charge on any atom is 0.304 e. The third-order valence-electron chi connectivity index (χ3n) is 4.52. The second kappa shape index (κ2) is 9.39. The number of carbonyl (C=O) groups excluding carboxylic acids is 1. The Morgan fingerprint density at radius 3 is 2.46 bits per heavy atom. The van der Waals surface area contributed by atoms with E-state index >= 15 is 0 Å². The first kappa shape index (κ1) is 20.6. The lowest BCUT2D eigenvalue weighted by Crippen LogP contribution is -2.39. The van der Waals surface area contributed by atoms with Crippen molar-refractivity contribution in [3.8, 4) is 0 Å². The van der Waals surface area contributed by atoms with E-state index in [1.807, 2.05) is 12.1 Å². The van der Waals surface area contributed by atoms with Crippen molar-refractivity contribution in [1.29, 1.82) is 0 Å². The van der Waals surface area contributed by atoms with Gasteiger partial charge in [0.05, 0.1) is 34.7 Å². The number of hydrogen-bond acceptors (Lipinski definition) is 4. The van der Waals surface area contributed by atoms with Crippen molar-refractivity contribution in [3.63, 3.8) is 0 Å². The van der Waals surface area contributed by atoms with E-state index in [9.17, 15) is 9.59 Å². The molecule has 1 aliphatic rings. The number of hydrogen-bond donors (Lipinski definition) is 2. The summed E-state index contributed by atoms with van der Waals surface area (Å²) in [6.45, 7) is 2.40. The number of rotatable bonds is 6. The van der Waals surface area contributed by atoms with Gasteiger partial charge in [0.1, 0.15) is 0 Å². The van der Waals surface area contributed by atoms with E-state index in [1.165, 1.54) is 0 Å². The smallest absolute Gasteiger partial charge is 0.304 e. The number of aliphatic carboxylic acids is 1. The first-order valence-corrected chi connectivity index (χ1v) is 9.60. The Kier molecular flexibility index (Phi) is 6.91. The molecule has 2 aromatic carbocycles.